The molecule has 21 heavy (non-hydrogen) atoms. The second-order valence-electron chi connectivity index (χ2n) is 6.61. The smallest absolute Gasteiger partial charge is 0.241 e. The zero-order valence-electron chi connectivity index (χ0n) is 14.0. The molecule has 1 N–H and O–H groups in total. The summed E-state index contributed by atoms with van der Waals surface area (Å²) in [5.41, 5.74) is 0. The van der Waals surface area contributed by atoms with Crippen molar-refractivity contribution in [2.75, 3.05) is 0 Å². The number of amides is 1. The lowest BCUT2D eigenvalue weighted by atomic mass is 9.98. The molecule has 118 valence electrons. The Balaban J connectivity index is 2.33. The number of thiophene rings is 1. The van der Waals surface area contributed by atoms with Gasteiger partial charge in [0, 0.05) is 15.8 Å². The summed E-state index contributed by atoms with van der Waals surface area (Å²) >= 11 is 1.78. The number of nitrogens with zero attached hydrogens (tertiary/aromatic N) is 1. The van der Waals surface area contributed by atoms with Crippen LogP contribution < -0.4 is 5.32 Å². The van der Waals surface area contributed by atoms with Crippen molar-refractivity contribution in [3.05, 3.63) is 21.9 Å². The van der Waals surface area contributed by atoms with Crippen LogP contribution >= 0.6 is 11.3 Å². The molecule has 4 atom stereocenters. The Morgan fingerprint density at radius 1 is 1.29 bits per heavy atom. The van der Waals surface area contributed by atoms with Gasteiger partial charge in [0.15, 0.2) is 0 Å². The van der Waals surface area contributed by atoms with Crippen LogP contribution in [0.1, 0.15) is 57.0 Å². The number of nitrogens with one attached hydrogen (secondary N) is 1. The highest BCUT2D eigenvalue weighted by Gasteiger charge is 2.44. The van der Waals surface area contributed by atoms with Crippen LogP contribution in [-0.4, -0.2) is 22.9 Å². The molecule has 0 bridgehead atoms. The van der Waals surface area contributed by atoms with E-state index in [9.17, 15) is 4.79 Å². The minimum absolute atomic E-state index is 0.0348. The van der Waals surface area contributed by atoms with Gasteiger partial charge in [-0.3, -0.25) is 10.1 Å². The van der Waals surface area contributed by atoms with Crippen LogP contribution in [0.15, 0.2) is 12.1 Å². The predicted molar refractivity (Wildman–Crippen MR) is 89.3 cm³/mol. The summed E-state index contributed by atoms with van der Waals surface area (Å²) in [6, 6.07) is 4.49. The minimum Gasteiger partial charge on any atom is -0.318 e. The normalized spacial score (nSPS) is 25.7. The van der Waals surface area contributed by atoms with E-state index in [1.807, 2.05) is 0 Å². The van der Waals surface area contributed by atoms with E-state index in [0.29, 0.717) is 11.8 Å². The molecule has 0 radical (unpaired) electrons. The molecule has 4 heteroatoms. The van der Waals surface area contributed by atoms with Gasteiger partial charge in [-0.1, -0.05) is 34.1 Å². The first-order chi connectivity index (χ1) is 9.86. The lowest BCUT2D eigenvalue weighted by Crippen LogP contribution is -2.41. The SMILES string of the molecule is CCC(C)C1NC(c2ccc(C)s2)N(C(C)C(C)C)C1=O. The van der Waals surface area contributed by atoms with Crippen molar-refractivity contribution in [2.24, 2.45) is 11.8 Å². The Hall–Kier alpha value is -0.870. The Bertz CT molecular complexity index is 497. The van der Waals surface area contributed by atoms with Gasteiger partial charge in [0.25, 0.3) is 0 Å². The Morgan fingerprint density at radius 2 is 1.95 bits per heavy atom. The predicted octanol–water partition coefficient (Wildman–Crippen LogP) is 3.95. The van der Waals surface area contributed by atoms with Crippen molar-refractivity contribution >= 4 is 17.2 Å². The first kappa shape index (κ1) is 16.5. The maximum Gasteiger partial charge on any atom is 0.241 e. The number of carbonyl (C=O) groups is 1. The van der Waals surface area contributed by atoms with Gasteiger partial charge in [-0.15, -0.1) is 11.3 Å². The van der Waals surface area contributed by atoms with Crippen molar-refractivity contribution in [1.82, 2.24) is 10.2 Å². The van der Waals surface area contributed by atoms with Gasteiger partial charge in [-0.2, -0.15) is 0 Å². The van der Waals surface area contributed by atoms with Gasteiger partial charge >= 0.3 is 0 Å². The largest absolute Gasteiger partial charge is 0.318 e. The fourth-order valence-electron chi connectivity index (χ4n) is 2.83. The lowest BCUT2D eigenvalue weighted by molar-refractivity contribution is -0.133. The summed E-state index contributed by atoms with van der Waals surface area (Å²) < 4.78 is 0. The quantitative estimate of drug-likeness (QED) is 0.893. The van der Waals surface area contributed by atoms with Gasteiger partial charge in [0.05, 0.1) is 6.04 Å². The first-order valence-corrected chi connectivity index (χ1v) is 8.83. The molecule has 1 saturated heterocycles. The Labute approximate surface area is 132 Å². The number of hydrogen-bond acceptors (Lipinski definition) is 3. The molecule has 1 aliphatic rings. The molecule has 0 saturated carbocycles. The molecular formula is C17H28N2OS. The van der Waals surface area contributed by atoms with E-state index in [1.54, 1.807) is 11.3 Å². The third-order valence-corrected chi connectivity index (χ3v) is 5.84. The number of aryl methyl sites for hydroxylation is 1. The summed E-state index contributed by atoms with van der Waals surface area (Å²) in [6.45, 7) is 13.0. The Kier molecular flexibility index (Phi) is 5.10. The highest BCUT2D eigenvalue weighted by molar-refractivity contribution is 7.12. The summed E-state index contributed by atoms with van der Waals surface area (Å²) in [7, 11) is 0. The summed E-state index contributed by atoms with van der Waals surface area (Å²) in [4.78, 5) is 17.5. The van der Waals surface area contributed by atoms with Crippen LogP contribution in [0.25, 0.3) is 0 Å². The topological polar surface area (TPSA) is 32.3 Å². The maximum absolute atomic E-state index is 12.9. The van der Waals surface area contributed by atoms with E-state index in [1.165, 1.54) is 9.75 Å². The van der Waals surface area contributed by atoms with Gasteiger partial charge < -0.3 is 4.90 Å². The van der Waals surface area contributed by atoms with E-state index < -0.39 is 0 Å². The molecule has 0 spiro atoms. The van der Waals surface area contributed by atoms with Crippen LogP contribution in [0.2, 0.25) is 0 Å². The van der Waals surface area contributed by atoms with Crippen molar-refractivity contribution in [1.29, 1.82) is 0 Å². The maximum atomic E-state index is 12.9. The fourth-order valence-corrected chi connectivity index (χ4v) is 3.77. The van der Waals surface area contributed by atoms with Gasteiger partial charge in [0.2, 0.25) is 5.91 Å². The van der Waals surface area contributed by atoms with Crippen molar-refractivity contribution in [3.8, 4) is 0 Å². The lowest BCUT2D eigenvalue weighted by Gasteiger charge is -2.32. The Morgan fingerprint density at radius 3 is 2.43 bits per heavy atom. The molecule has 1 aliphatic heterocycles. The van der Waals surface area contributed by atoms with Gasteiger partial charge in [-0.05, 0) is 37.8 Å². The molecule has 0 aromatic carbocycles. The molecule has 2 rings (SSSR count). The van der Waals surface area contributed by atoms with Crippen molar-refractivity contribution < 1.29 is 4.79 Å². The monoisotopic (exact) mass is 308 g/mol. The fraction of sp³-hybridized carbons (Fsp3) is 0.706. The van der Waals surface area contributed by atoms with Crippen molar-refractivity contribution in [2.45, 2.75) is 66.2 Å². The zero-order chi connectivity index (χ0) is 15.7. The van der Waals surface area contributed by atoms with E-state index in [4.69, 9.17) is 0 Å². The molecule has 1 fully saturated rings. The summed E-state index contributed by atoms with van der Waals surface area (Å²) in [6.07, 6.45) is 1.05. The van der Waals surface area contributed by atoms with Gasteiger partial charge in [-0.25, -0.2) is 0 Å². The van der Waals surface area contributed by atoms with Crippen LogP contribution in [0.4, 0.5) is 0 Å². The van der Waals surface area contributed by atoms with E-state index in [0.717, 1.165) is 6.42 Å². The summed E-state index contributed by atoms with van der Waals surface area (Å²) in [5.74, 6) is 1.09. The molecule has 1 amide bonds. The number of carbonyl (C=O) groups excluding carboxylic acids is 1. The molecule has 4 unspecified atom stereocenters. The molecule has 3 nitrogen and oxygen atoms in total. The second kappa shape index (κ2) is 6.49. The minimum atomic E-state index is -0.0522. The number of hydrogen-bond donors (Lipinski definition) is 1. The third kappa shape index (κ3) is 3.16. The highest BCUT2D eigenvalue weighted by atomic mass is 32.1. The van der Waals surface area contributed by atoms with Gasteiger partial charge in [0.1, 0.15) is 6.17 Å². The molecule has 0 aliphatic carbocycles. The molecule has 1 aromatic heterocycles. The van der Waals surface area contributed by atoms with E-state index >= 15 is 0 Å². The van der Waals surface area contributed by atoms with Crippen molar-refractivity contribution in [3.63, 3.8) is 0 Å². The van der Waals surface area contributed by atoms with Crippen LogP contribution in [0.5, 0.6) is 0 Å². The summed E-state index contributed by atoms with van der Waals surface area (Å²) in [5, 5.41) is 3.59. The van der Waals surface area contributed by atoms with Crippen LogP contribution in [0, 0.1) is 18.8 Å². The molecular weight excluding hydrogens is 280 g/mol. The standard InChI is InChI=1S/C17H28N2OS/c1-7-11(4)15-17(20)19(13(6)10(2)3)16(18-15)14-9-8-12(5)21-14/h8-11,13,15-16,18H,7H2,1-6H3. The average Bonchev–Trinajstić information content (AvgIpc) is 3.00. The second-order valence-corrected chi connectivity index (χ2v) is 7.93. The van der Waals surface area contributed by atoms with E-state index in [-0.39, 0.29) is 24.2 Å². The highest BCUT2D eigenvalue weighted by Crippen LogP contribution is 2.35. The van der Waals surface area contributed by atoms with E-state index in [2.05, 4.69) is 63.9 Å². The number of rotatable bonds is 5. The first-order valence-electron chi connectivity index (χ1n) is 8.01. The molecule has 2 heterocycles. The molecule has 1 aromatic rings. The average molecular weight is 308 g/mol. The zero-order valence-corrected chi connectivity index (χ0v) is 14.8. The third-order valence-electron chi connectivity index (χ3n) is 4.78. The van der Waals surface area contributed by atoms with Crippen LogP contribution in [-0.2, 0) is 4.79 Å². The van der Waals surface area contributed by atoms with Crippen LogP contribution in [0.3, 0.4) is 0 Å².